The Morgan fingerprint density at radius 1 is 1.50 bits per heavy atom. The predicted octanol–water partition coefficient (Wildman–Crippen LogP) is 2.60. The molecule has 0 aliphatic carbocycles. The number of nitrogens with two attached hydrogens (primary N) is 1. The third-order valence-electron chi connectivity index (χ3n) is 1.18. The summed E-state index contributed by atoms with van der Waals surface area (Å²) in [5.74, 6) is 0. The van der Waals surface area contributed by atoms with E-state index in [2.05, 4.69) is 28.8 Å². The lowest BCUT2D eigenvalue weighted by Crippen LogP contribution is -1.85. The van der Waals surface area contributed by atoms with Crippen molar-refractivity contribution >= 4 is 40.0 Å². The van der Waals surface area contributed by atoms with Gasteiger partial charge < -0.3 is 5.73 Å². The van der Waals surface area contributed by atoms with E-state index in [9.17, 15) is 0 Å². The molecule has 3 heteroatoms. The standard InChI is InChI=1S/C7H8INS/c1-10-7-4-5(9)2-3-6(7)8/h2-4H,9H2,1H3. The number of anilines is 1. The van der Waals surface area contributed by atoms with Crippen LogP contribution < -0.4 is 5.73 Å². The number of hydrogen-bond donors (Lipinski definition) is 1. The van der Waals surface area contributed by atoms with Gasteiger partial charge in [-0.25, -0.2) is 0 Å². The van der Waals surface area contributed by atoms with E-state index in [-0.39, 0.29) is 0 Å². The van der Waals surface area contributed by atoms with Crippen molar-refractivity contribution in [3.05, 3.63) is 21.8 Å². The zero-order chi connectivity index (χ0) is 7.56. The van der Waals surface area contributed by atoms with Crippen molar-refractivity contribution in [2.24, 2.45) is 0 Å². The summed E-state index contributed by atoms with van der Waals surface area (Å²) < 4.78 is 1.26. The van der Waals surface area contributed by atoms with Gasteiger partial charge in [-0.3, -0.25) is 0 Å². The van der Waals surface area contributed by atoms with Crippen LogP contribution in [0.5, 0.6) is 0 Å². The molecule has 0 unspecified atom stereocenters. The van der Waals surface area contributed by atoms with Crippen LogP contribution in [0, 0.1) is 3.57 Å². The van der Waals surface area contributed by atoms with E-state index < -0.39 is 0 Å². The lowest BCUT2D eigenvalue weighted by molar-refractivity contribution is 1.41. The minimum Gasteiger partial charge on any atom is -0.399 e. The molecule has 1 rings (SSSR count). The van der Waals surface area contributed by atoms with Crippen LogP contribution in [0.1, 0.15) is 0 Å². The van der Waals surface area contributed by atoms with Crippen molar-refractivity contribution in [3.8, 4) is 0 Å². The molecular weight excluding hydrogens is 257 g/mol. The minimum atomic E-state index is 0.838. The molecule has 0 fully saturated rings. The van der Waals surface area contributed by atoms with Gasteiger partial charge in [-0.05, 0) is 47.0 Å². The Balaban J connectivity index is 3.09. The van der Waals surface area contributed by atoms with E-state index in [1.807, 2.05) is 18.2 Å². The molecule has 0 amide bonds. The Hall–Kier alpha value is 0.100. The third kappa shape index (κ3) is 1.79. The van der Waals surface area contributed by atoms with E-state index in [0.717, 1.165) is 5.69 Å². The lowest BCUT2D eigenvalue weighted by Gasteiger charge is -2.00. The van der Waals surface area contributed by atoms with Gasteiger partial charge in [-0.2, -0.15) is 0 Å². The van der Waals surface area contributed by atoms with Gasteiger partial charge in [-0.1, -0.05) is 0 Å². The maximum Gasteiger partial charge on any atom is 0.0325 e. The largest absolute Gasteiger partial charge is 0.399 e. The highest BCUT2D eigenvalue weighted by Crippen LogP contribution is 2.23. The van der Waals surface area contributed by atoms with Crippen LogP contribution >= 0.6 is 34.4 Å². The van der Waals surface area contributed by atoms with E-state index in [1.54, 1.807) is 11.8 Å². The second-order valence-corrected chi connectivity index (χ2v) is 3.90. The first-order valence-electron chi connectivity index (χ1n) is 2.83. The average Bonchev–Trinajstić information content (AvgIpc) is 1.94. The molecule has 54 valence electrons. The van der Waals surface area contributed by atoms with Crippen LogP contribution in [-0.2, 0) is 0 Å². The van der Waals surface area contributed by atoms with Crippen molar-refractivity contribution in [1.82, 2.24) is 0 Å². The molecule has 0 aliphatic rings. The van der Waals surface area contributed by atoms with E-state index in [1.165, 1.54) is 8.47 Å². The number of nitrogen functional groups attached to an aromatic ring is 1. The molecule has 10 heavy (non-hydrogen) atoms. The molecule has 0 bridgehead atoms. The van der Waals surface area contributed by atoms with Gasteiger partial charge in [0.1, 0.15) is 0 Å². The number of rotatable bonds is 1. The first-order valence-corrected chi connectivity index (χ1v) is 5.13. The summed E-state index contributed by atoms with van der Waals surface area (Å²) in [7, 11) is 0. The van der Waals surface area contributed by atoms with Crippen LogP contribution in [-0.4, -0.2) is 6.26 Å². The van der Waals surface area contributed by atoms with Gasteiger partial charge in [0.05, 0.1) is 0 Å². The maximum atomic E-state index is 5.59. The van der Waals surface area contributed by atoms with Crippen molar-refractivity contribution < 1.29 is 0 Å². The van der Waals surface area contributed by atoms with Gasteiger partial charge in [0.25, 0.3) is 0 Å². The smallest absolute Gasteiger partial charge is 0.0325 e. The summed E-state index contributed by atoms with van der Waals surface area (Å²) in [5, 5.41) is 0. The molecule has 0 aliphatic heterocycles. The van der Waals surface area contributed by atoms with Crippen molar-refractivity contribution in [1.29, 1.82) is 0 Å². The van der Waals surface area contributed by atoms with Crippen LogP contribution in [0.4, 0.5) is 5.69 Å². The fourth-order valence-electron chi connectivity index (χ4n) is 0.676. The van der Waals surface area contributed by atoms with Gasteiger partial charge >= 0.3 is 0 Å². The van der Waals surface area contributed by atoms with Gasteiger partial charge in [0, 0.05) is 14.2 Å². The molecule has 1 aromatic carbocycles. The Morgan fingerprint density at radius 3 is 2.70 bits per heavy atom. The number of halogens is 1. The zero-order valence-electron chi connectivity index (χ0n) is 5.60. The SMILES string of the molecule is CSc1cc(N)ccc1I. The van der Waals surface area contributed by atoms with E-state index in [4.69, 9.17) is 5.73 Å². The molecule has 0 atom stereocenters. The molecule has 0 heterocycles. The molecule has 0 saturated heterocycles. The highest BCUT2D eigenvalue weighted by molar-refractivity contribution is 14.1. The second kappa shape index (κ2) is 3.48. The minimum absolute atomic E-state index is 0.838. The van der Waals surface area contributed by atoms with Crippen LogP contribution in [0.3, 0.4) is 0 Å². The Bertz CT molecular complexity index is 237. The normalized spacial score (nSPS) is 9.80. The topological polar surface area (TPSA) is 26.0 Å². The number of hydrogen-bond acceptors (Lipinski definition) is 2. The van der Waals surface area contributed by atoms with Crippen molar-refractivity contribution in [2.45, 2.75) is 4.90 Å². The number of benzene rings is 1. The summed E-state index contributed by atoms with van der Waals surface area (Å²) in [6, 6.07) is 5.94. The summed E-state index contributed by atoms with van der Waals surface area (Å²) in [6.45, 7) is 0. The first kappa shape index (κ1) is 8.20. The molecule has 0 spiro atoms. The second-order valence-electron chi connectivity index (χ2n) is 1.89. The van der Waals surface area contributed by atoms with E-state index >= 15 is 0 Å². The molecule has 0 saturated carbocycles. The Kier molecular flexibility index (Phi) is 2.85. The Labute approximate surface area is 78.5 Å². The van der Waals surface area contributed by atoms with Crippen LogP contribution in [0.2, 0.25) is 0 Å². The van der Waals surface area contributed by atoms with Gasteiger partial charge in [-0.15, -0.1) is 11.8 Å². The van der Waals surface area contributed by atoms with Gasteiger partial charge in [0.15, 0.2) is 0 Å². The van der Waals surface area contributed by atoms with Crippen molar-refractivity contribution in [3.63, 3.8) is 0 Å². The van der Waals surface area contributed by atoms with Crippen LogP contribution in [0.25, 0.3) is 0 Å². The summed E-state index contributed by atoms with van der Waals surface area (Å²) in [4.78, 5) is 1.25. The molecule has 0 radical (unpaired) electrons. The third-order valence-corrected chi connectivity index (χ3v) is 3.26. The Morgan fingerprint density at radius 2 is 2.20 bits per heavy atom. The fourth-order valence-corrected chi connectivity index (χ4v) is 2.19. The number of thioether (sulfide) groups is 1. The quantitative estimate of drug-likeness (QED) is 0.480. The maximum absolute atomic E-state index is 5.59. The highest BCUT2D eigenvalue weighted by atomic mass is 127. The lowest BCUT2D eigenvalue weighted by atomic mass is 10.3. The summed E-state index contributed by atoms with van der Waals surface area (Å²) in [5.41, 5.74) is 6.42. The molecular formula is C7H8INS. The predicted molar refractivity (Wildman–Crippen MR) is 55.4 cm³/mol. The van der Waals surface area contributed by atoms with E-state index in [0.29, 0.717) is 0 Å². The molecule has 1 nitrogen and oxygen atoms in total. The zero-order valence-corrected chi connectivity index (χ0v) is 8.57. The average molecular weight is 265 g/mol. The summed E-state index contributed by atoms with van der Waals surface area (Å²) >= 11 is 4.02. The molecule has 2 N–H and O–H groups in total. The fraction of sp³-hybridized carbons (Fsp3) is 0.143. The first-order chi connectivity index (χ1) is 4.74. The summed E-state index contributed by atoms with van der Waals surface area (Å²) in [6.07, 6.45) is 2.05. The molecule has 0 aromatic heterocycles. The highest BCUT2D eigenvalue weighted by Gasteiger charge is 1.96. The van der Waals surface area contributed by atoms with Gasteiger partial charge in [0.2, 0.25) is 0 Å². The monoisotopic (exact) mass is 265 g/mol. The van der Waals surface area contributed by atoms with Crippen molar-refractivity contribution in [2.75, 3.05) is 12.0 Å². The molecule has 1 aromatic rings. The van der Waals surface area contributed by atoms with Crippen LogP contribution in [0.15, 0.2) is 23.1 Å².